The van der Waals surface area contributed by atoms with Crippen molar-refractivity contribution in [2.24, 2.45) is 0 Å². The van der Waals surface area contributed by atoms with Gasteiger partial charge in [-0.2, -0.15) is 0 Å². The minimum Gasteiger partial charge on any atom is -0.397 e. The number of hydrogen-bond donors (Lipinski definition) is 2. The quantitative estimate of drug-likeness (QED) is 0.776. The Balaban J connectivity index is 2.43. The molecule has 0 aliphatic heterocycles. The van der Waals surface area contributed by atoms with Crippen molar-refractivity contribution >= 4 is 48.9 Å². The van der Waals surface area contributed by atoms with Crippen LogP contribution in [0.4, 0.5) is 11.4 Å². The van der Waals surface area contributed by atoms with Crippen molar-refractivity contribution < 1.29 is 8.42 Å². The molecule has 0 saturated heterocycles. The Morgan fingerprint density at radius 1 is 1.14 bits per heavy atom. The van der Waals surface area contributed by atoms with Crippen LogP contribution >= 0.6 is 27.5 Å². The van der Waals surface area contributed by atoms with Gasteiger partial charge in [0.2, 0.25) is 0 Å². The standard InChI is InChI=1S/C14H14BrClN2O2S/c1-8-5-10(15)3-4-13(8)18-21(19,20)11-6-9(2)14(16)12(17)7-11/h3-7,18H,17H2,1-2H3. The molecule has 4 nitrogen and oxygen atoms in total. The molecule has 0 fully saturated rings. The Hall–Kier alpha value is -1.24. The van der Waals surface area contributed by atoms with Gasteiger partial charge in [-0.15, -0.1) is 0 Å². The third-order valence-corrected chi connectivity index (χ3v) is 5.35. The SMILES string of the molecule is Cc1cc(Br)ccc1NS(=O)(=O)c1cc(C)c(Cl)c(N)c1. The van der Waals surface area contributed by atoms with Crippen LogP contribution < -0.4 is 10.5 Å². The highest BCUT2D eigenvalue weighted by Crippen LogP contribution is 2.29. The van der Waals surface area contributed by atoms with Crippen LogP contribution in [-0.4, -0.2) is 8.42 Å². The summed E-state index contributed by atoms with van der Waals surface area (Å²) in [6.07, 6.45) is 0. The molecule has 0 aliphatic rings. The Bertz CT molecular complexity index is 784. The van der Waals surface area contributed by atoms with Crippen LogP contribution in [0.5, 0.6) is 0 Å². The number of aryl methyl sites for hydroxylation is 2. The van der Waals surface area contributed by atoms with E-state index in [9.17, 15) is 8.42 Å². The first-order chi connectivity index (χ1) is 9.70. The Morgan fingerprint density at radius 3 is 2.38 bits per heavy atom. The summed E-state index contributed by atoms with van der Waals surface area (Å²) in [5.41, 5.74) is 7.92. The summed E-state index contributed by atoms with van der Waals surface area (Å²) >= 11 is 9.30. The minimum atomic E-state index is -3.71. The molecule has 0 aromatic heterocycles. The summed E-state index contributed by atoms with van der Waals surface area (Å²) < 4.78 is 28.3. The van der Waals surface area contributed by atoms with Crippen LogP contribution in [0.2, 0.25) is 5.02 Å². The first kappa shape index (κ1) is 16.1. The number of nitrogens with one attached hydrogen (secondary N) is 1. The van der Waals surface area contributed by atoms with E-state index in [4.69, 9.17) is 17.3 Å². The van der Waals surface area contributed by atoms with Gasteiger partial charge in [-0.05, 0) is 55.3 Å². The summed E-state index contributed by atoms with van der Waals surface area (Å²) in [7, 11) is -3.71. The van der Waals surface area contributed by atoms with Crippen molar-refractivity contribution in [3.05, 3.63) is 51.0 Å². The molecule has 0 heterocycles. The molecule has 0 spiro atoms. The molecule has 7 heteroatoms. The maximum Gasteiger partial charge on any atom is 0.261 e. The van der Waals surface area contributed by atoms with E-state index in [-0.39, 0.29) is 10.6 Å². The zero-order valence-corrected chi connectivity index (χ0v) is 14.6. The largest absolute Gasteiger partial charge is 0.397 e. The number of hydrogen-bond acceptors (Lipinski definition) is 3. The number of rotatable bonds is 3. The van der Waals surface area contributed by atoms with Crippen molar-refractivity contribution in [3.63, 3.8) is 0 Å². The fourth-order valence-corrected chi connectivity index (χ4v) is 3.70. The molecular weight excluding hydrogens is 376 g/mol. The second-order valence-electron chi connectivity index (χ2n) is 4.71. The highest BCUT2D eigenvalue weighted by atomic mass is 79.9. The van der Waals surface area contributed by atoms with Gasteiger partial charge in [-0.25, -0.2) is 8.42 Å². The normalized spacial score (nSPS) is 11.4. The minimum absolute atomic E-state index is 0.0872. The Morgan fingerprint density at radius 2 is 1.81 bits per heavy atom. The number of anilines is 2. The summed E-state index contributed by atoms with van der Waals surface area (Å²) in [6, 6.07) is 8.15. The third-order valence-electron chi connectivity index (χ3n) is 3.00. The zero-order valence-electron chi connectivity index (χ0n) is 11.4. The second-order valence-corrected chi connectivity index (χ2v) is 7.68. The maximum atomic E-state index is 12.4. The van der Waals surface area contributed by atoms with Crippen LogP contribution in [0.1, 0.15) is 11.1 Å². The highest BCUT2D eigenvalue weighted by molar-refractivity contribution is 9.10. The van der Waals surface area contributed by atoms with Crippen LogP contribution in [0.25, 0.3) is 0 Å². The molecule has 0 atom stereocenters. The Labute approximate surface area is 137 Å². The van der Waals surface area contributed by atoms with E-state index >= 15 is 0 Å². The lowest BCUT2D eigenvalue weighted by atomic mass is 10.2. The molecule has 0 saturated carbocycles. The molecule has 0 bridgehead atoms. The summed E-state index contributed by atoms with van der Waals surface area (Å²) in [6.45, 7) is 3.53. The molecule has 2 aromatic carbocycles. The Kier molecular flexibility index (Phi) is 4.51. The van der Waals surface area contributed by atoms with E-state index < -0.39 is 10.0 Å². The fraction of sp³-hybridized carbons (Fsp3) is 0.143. The van der Waals surface area contributed by atoms with Crippen molar-refractivity contribution in [1.29, 1.82) is 0 Å². The summed E-state index contributed by atoms with van der Waals surface area (Å²) in [4.78, 5) is 0.0872. The van der Waals surface area contributed by atoms with Gasteiger partial charge in [0.05, 0.1) is 21.3 Å². The number of nitrogens with two attached hydrogens (primary N) is 1. The predicted molar refractivity (Wildman–Crippen MR) is 90.3 cm³/mol. The lowest BCUT2D eigenvalue weighted by Crippen LogP contribution is -2.14. The van der Waals surface area contributed by atoms with Crippen molar-refractivity contribution in [3.8, 4) is 0 Å². The average molecular weight is 390 g/mol. The molecule has 0 aliphatic carbocycles. The van der Waals surface area contributed by atoms with Crippen molar-refractivity contribution in [1.82, 2.24) is 0 Å². The number of nitrogen functional groups attached to an aromatic ring is 1. The maximum absolute atomic E-state index is 12.4. The molecule has 0 amide bonds. The topological polar surface area (TPSA) is 72.2 Å². The summed E-state index contributed by atoms with van der Waals surface area (Å²) in [5.74, 6) is 0. The van der Waals surface area contributed by atoms with E-state index in [0.29, 0.717) is 16.3 Å². The van der Waals surface area contributed by atoms with Crippen molar-refractivity contribution in [2.75, 3.05) is 10.5 Å². The molecule has 0 unspecified atom stereocenters. The lowest BCUT2D eigenvalue weighted by molar-refractivity contribution is 0.601. The first-order valence-electron chi connectivity index (χ1n) is 6.05. The molecule has 21 heavy (non-hydrogen) atoms. The molecule has 112 valence electrons. The van der Waals surface area contributed by atoms with Gasteiger partial charge in [0.1, 0.15) is 0 Å². The smallest absolute Gasteiger partial charge is 0.261 e. The fourth-order valence-electron chi connectivity index (χ4n) is 1.86. The van der Waals surface area contributed by atoms with Gasteiger partial charge in [-0.1, -0.05) is 27.5 Å². The molecular formula is C14H14BrClN2O2S. The van der Waals surface area contributed by atoms with Gasteiger partial charge in [0, 0.05) is 4.47 Å². The van der Waals surface area contributed by atoms with E-state index in [0.717, 1.165) is 10.0 Å². The molecule has 3 N–H and O–H groups in total. The van der Waals surface area contributed by atoms with Gasteiger partial charge >= 0.3 is 0 Å². The number of sulfonamides is 1. The van der Waals surface area contributed by atoms with Crippen molar-refractivity contribution in [2.45, 2.75) is 18.7 Å². The zero-order chi connectivity index (χ0) is 15.8. The molecule has 2 rings (SSSR count). The van der Waals surface area contributed by atoms with Gasteiger partial charge in [0.25, 0.3) is 10.0 Å². The predicted octanol–water partition coefficient (Wildman–Crippen LogP) is 4.10. The lowest BCUT2D eigenvalue weighted by Gasteiger charge is -2.12. The first-order valence-corrected chi connectivity index (χ1v) is 8.71. The van der Waals surface area contributed by atoms with E-state index in [1.54, 1.807) is 19.1 Å². The van der Waals surface area contributed by atoms with E-state index in [1.807, 2.05) is 13.0 Å². The molecule has 2 aromatic rings. The molecule has 0 radical (unpaired) electrons. The van der Waals surface area contributed by atoms with Gasteiger partial charge in [-0.3, -0.25) is 4.72 Å². The monoisotopic (exact) mass is 388 g/mol. The van der Waals surface area contributed by atoms with Crippen LogP contribution in [0.3, 0.4) is 0 Å². The summed E-state index contributed by atoms with van der Waals surface area (Å²) in [5, 5.41) is 0.369. The van der Waals surface area contributed by atoms with Gasteiger partial charge in [0.15, 0.2) is 0 Å². The average Bonchev–Trinajstić information content (AvgIpc) is 2.38. The second kappa shape index (κ2) is 5.87. The van der Waals surface area contributed by atoms with Crippen LogP contribution in [0.15, 0.2) is 39.7 Å². The van der Waals surface area contributed by atoms with Crippen LogP contribution in [-0.2, 0) is 10.0 Å². The third kappa shape index (κ3) is 3.51. The van der Waals surface area contributed by atoms with Gasteiger partial charge < -0.3 is 5.73 Å². The number of halogens is 2. The van der Waals surface area contributed by atoms with E-state index in [1.165, 1.54) is 12.1 Å². The van der Waals surface area contributed by atoms with Crippen LogP contribution in [0, 0.1) is 13.8 Å². The highest BCUT2D eigenvalue weighted by Gasteiger charge is 2.18. The number of benzene rings is 2. The van der Waals surface area contributed by atoms with E-state index in [2.05, 4.69) is 20.7 Å².